The van der Waals surface area contributed by atoms with Crippen molar-refractivity contribution in [3.8, 4) is 0 Å². The van der Waals surface area contributed by atoms with Crippen molar-refractivity contribution >= 4 is 29.2 Å². The van der Waals surface area contributed by atoms with Crippen LogP contribution in [-0.4, -0.2) is 27.4 Å². The molecule has 1 fully saturated rings. The number of rotatable bonds is 4. The first-order valence-corrected chi connectivity index (χ1v) is 7.73. The first-order chi connectivity index (χ1) is 10.9. The molecule has 1 aromatic rings. The number of nitro groups is 1. The second-order valence-corrected chi connectivity index (χ2v) is 6.11. The van der Waals surface area contributed by atoms with Gasteiger partial charge in [0.15, 0.2) is 0 Å². The zero-order valence-corrected chi connectivity index (χ0v) is 13.1. The Kier molecular flexibility index (Phi) is 5.20. The quantitative estimate of drug-likeness (QED) is 0.497. The molecular formula is C15H17ClN2O5. The van der Waals surface area contributed by atoms with E-state index in [1.54, 1.807) is 0 Å². The van der Waals surface area contributed by atoms with Gasteiger partial charge in [-0.3, -0.25) is 14.9 Å². The highest BCUT2D eigenvalue weighted by molar-refractivity contribution is 6.31. The highest BCUT2D eigenvalue weighted by Gasteiger charge is 2.41. The monoisotopic (exact) mass is 340 g/mol. The molecule has 23 heavy (non-hydrogen) atoms. The lowest BCUT2D eigenvalue weighted by Crippen LogP contribution is -2.54. The number of hydrogen-bond acceptors (Lipinski definition) is 4. The van der Waals surface area contributed by atoms with E-state index < -0.39 is 28.0 Å². The number of carboxylic acid groups (broad SMARTS) is 1. The van der Waals surface area contributed by atoms with Crippen molar-refractivity contribution in [2.24, 2.45) is 0 Å². The van der Waals surface area contributed by atoms with Gasteiger partial charge in [-0.25, -0.2) is 4.79 Å². The fourth-order valence-corrected chi connectivity index (χ4v) is 3.02. The molecule has 1 aliphatic carbocycles. The molecule has 1 aromatic carbocycles. The molecule has 2 N–H and O–H groups in total. The largest absolute Gasteiger partial charge is 0.480 e. The van der Waals surface area contributed by atoms with Crippen LogP contribution in [0.4, 0.5) is 5.69 Å². The van der Waals surface area contributed by atoms with Crippen molar-refractivity contribution in [3.05, 3.63) is 38.9 Å². The fourth-order valence-electron chi connectivity index (χ4n) is 2.86. The number of amides is 1. The second kappa shape index (κ2) is 6.95. The van der Waals surface area contributed by atoms with Gasteiger partial charge in [0.1, 0.15) is 11.1 Å². The SMILES string of the molecule is O=C(NC1(C(=O)O)CCCCCC1)c1ccc(Cl)cc1[N+](=O)[O-]. The van der Waals surface area contributed by atoms with E-state index in [9.17, 15) is 24.8 Å². The second-order valence-electron chi connectivity index (χ2n) is 5.67. The normalized spacial score (nSPS) is 17.1. The third-order valence-electron chi connectivity index (χ3n) is 4.12. The first kappa shape index (κ1) is 17.2. The molecule has 0 radical (unpaired) electrons. The lowest BCUT2D eigenvalue weighted by Gasteiger charge is -2.29. The highest BCUT2D eigenvalue weighted by atomic mass is 35.5. The highest BCUT2D eigenvalue weighted by Crippen LogP contribution is 2.29. The Morgan fingerprint density at radius 2 is 1.83 bits per heavy atom. The Hall–Kier alpha value is -2.15. The molecule has 8 heteroatoms. The molecule has 0 heterocycles. The lowest BCUT2D eigenvalue weighted by molar-refractivity contribution is -0.385. The van der Waals surface area contributed by atoms with E-state index in [0.29, 0.717) is 25.7 Å². The minimum absolute atomic E-state index is 0.135. The minimum atomic E-state index is -1.37. The maximum atomic E-state index is 12.4. The molecule has 0 spiro atoms. The van der Waals surface area contributed by atoms with E-state index in [1.165, 1.54) is 12.1 Å². The van der Waals surface area contributed by atoms with Crippen LogP contribution in [0.3, 0.4) is 0 Å². The summed E-state index contributed by atoms with van der Waals surface area (Å²) in [5, 5.41) is 23.3. The number of hydrogen-bond donors (Lipinski definition) is 2. The minimum Gasteiger partial charge on any atom is -0.480 e. The third kappa shape index (κ3) is 3.79. The summed E-state index contributed by atoms with van der Waals surface area (Å²) in [6.45, 7) is 0. The first-order valence-electron chi connectivity index (χ1n) is 7.35. The predicted octanol–water partition coefficient (Wildman–Crippen LogP) is 3.16. The Balaban J connectivity index is 2.33. The molecule has 0 unspecified atom stereocenters. The van der Waals surface area contributed by atoms with Gasteiger partial charge < -0.3 is 10.4 Å². The van der Waals surface area contributed by atoms with Gasteiger partial charge >= 0.3 is 5.97 Å². The van der Waals surface area contributed by atoms with Gasteiger partial charge in [-0.2, -0.15) is 0 Å². The van der Waals surface area contributed by atoms with Gasteiger partial charge in [0.2, 0.25) is 0 Å². The van der Waals surface area contributed by atoms with Crippen LogP contribution in [0.2, 0.25) is 5.02 Å². The summed E-state index contributed by atoms with van der Waals surface area (Å²) in [7, 11) is 0. The summed E-state index contributed by atoms with van der Waals surface area (Å²) < 4.78 is 0. The van der Waals surface area contributed by atoms with E-state index in [1.807, 2.05) is 0 Å². The number of nitrogens with zero attached hydrogens (tertiary/aromatic N) is 1. The van der Waals surface area contributed by atoms with Crippen molar-refractivity contribution in [2.75, 3.05) is 0 Å². The van der Waals surface area contributed by atoms with Crippen LogP contribution >= 0.6 is 11.6 Å². The van der Waals surface area contributed by atoms with E-state index in [2.05, 4.69) is 5.32 Å². The van der Waals surface area contributed by atoms with Crippen molar-refractivity contribution in [3.63, 3.8) is 0 Å². The van der Waals surface area contributed by atoms with Crippen molar-refractivity contribution < 1.29 is 19.6 Å². The number of carbonyl (C=O) groups excluding carboxylic acids is 1. The average molecular weight is 341 g/mol. The molecule has 2 rings (SSSR count). The van der Waals surface area contributed by atoms with Crippen molar-refractivity contribution in [1.82, 2.24) is 5.32 Å². The average Bonchev–Trinajstić information content (AvgIpc) is 2.73. The maximum Gasteiger partial charge on any atom is 0.329 e. The molecule has 7 nitrogen and oxygen atoms in total. The molecule has 0 aliphatic heterocycles. The number of halogens is 1. The number of carboxylic acids is 1. The van der Waals surface area contributed by atoms with Crippen LogP contribution in [0.15, 0.2) is 18.2 Å². The van der Waals surface area contributed by atoms with Crippen molar-refractivity contribution in [1.29, 1.82) is 0 Å². The molecule has 0 atom stereocenters. The zero-order valence-electron chi connectivity index (χ0n) is 12.4. The van der Waals surface area contributed by atoms with E-state index in [0.717, 1.165) is 18.9 Å². The Bertz CT molecular complexity index is 639. The van der Waals surface area contributed by atoms with E-state index in [4.69, 9.17) is 11.6 Å². The molecule has 124 valence electrons. The van der Waals surface area contributed by atoms with Crippen molar-refractivity contribution in [2.45, 2.75) is 44.1 Å². The number of aliphatic carboxylic acids is 1. The maximum absolute atomic E-state index is 12.4. The van der Waals surface area contributed by atoms with E-state index in [-0.39, 0.29) is 10.6 Å². The van der Waals surface area contributed by atoms with Crippen LogP contribution < -0.4 is 5.32 Å². The van der Waals surface area contributed by atoms with E-state index >= 15 is 0 Å². The van der Waals surface area contributed by atoms with Gasteiger partial charge in [-0.05, 0) is 25.0 Å². The van der Waals surface area contributed by atoms with Crippen LogP contribution in [-0.2, 0) is 4.79 Å². The number of carbonyl (C=O) groups is 2. The molecule has 1 amide bonds. The molecule has 1 saturated carbocycles. The summed E-state index contributed by atoms with van der Waals surface area (Å²) in [5.74, 6) is -1.87. The molecule has 0 aromatic heterocycles. The number of nitrogens with one attached hydrogen (secondary N) is 1. The summed E-state index contributed by atoms with van der Waals surface area (Å²) in [6.07, 6.45) is 3.83. The summed E-state index contributed by atoms with van der Waals surface area (Å²) in [4.78, 5) is 34.5. The molecule has 0 bridgehead atoms. The third-order valence-corrected chi connectivity index (χ3v) is 4.36. The standard InChI is InChI=1S/C15H17ClN2O5/c16-10-5-6-11(12(9-10)18(22)23)13(19)17-15(14(20)21)7-3-1-2-4-8-15/h5-6,9H,1-4,7-8H2,(H,17,19)(H,20,21). The summed E-state index contributed by atoms with van der Waals surface area (Å²) >= 11 is 5.73. The molecule has 0 saturated heterocycles. The summed E-state index contributed by atoms with van der Waals surface area (Å²) in [6, 6.07) is 3.68. The number of benzene rings is 1. The van der Waals surface area contributed by atoms with Gasteiger partial charge in [0.25, 0.3) is 11.6 Å². The van der Waals surface area contributed by atoms with Gasteiger partial charge in [-0.15, -0.1) is 0 Å². The molecular weight excluding hydrogens is 324 g/mol. The predicted molar refractivity (Wildman–Crippen MR) is 83.6 cm³/mol. The van der Waals surface area contributed by atoms with Gasteiger partial charge in [0, 0.05) is 11.1 Å². The smallest absolute Gasteiger partial charge is 0.329 e. The van der Waals surface area contributed by atoms with Crippen LogP contribution in [0.1, 0.15) is 48.9 Å². The number of nitro benzene ring substituents is 1. The van der Waals surface area contributed by atoms with Gasteiger partial charge in [-0.1, -0.05) is 37.3 Å². The Morgan fingerprint density at radius 1 is 1.22 bits per heavy atom. The van der Waals surface area contributed by atoms with Crippen LogP contribution in [0.5, 0.6) is 0 Å². The Morgan fingerprint density at radius 3 is 2.35 bits per heavy atom. The van der Waals surface area contributed by atoms with Crippen LogP contribution in [0.25, 0.3) is 0 Å². The summed E-state index contributed by atoms with van der Waals surface area (Å²) in [5.41, 5.74) is -2.01. The fraction of sp³-hybridized carbons (Fsp3) is 0.467. The van der Waals surface area contributed by atoms with Crippen LogP contribution in [0, 0.1) is 10.1 Å². The zero-order chi connectivity index (χ0) is 17.0. The topological polar surface area (TPSA) is 110 Å². The molecule has 1 aliphatic rings. The Labute approximate surface area is 137 Å². The lowest BCUT2D eigenvalue weighted by atomic mass is 9.89. The van der Waals surface area contributed by atoms with Gasteiger partial charge in [0.05, 0.1) is 4.92 Å².